The number of ether oxygens (including phenoxy) is 1. The molecule has 1 aliphatic rings. The van der Waals surface area contributed by atoms with Crippen LogP contribution >= 0.6 is 0 Å². The fourth-order valence-corrected chi connectivity index (χ4v) is 3.64. The molecule has 2 aromatic carbocycles. The summed E-state index contributed by atoms with van der Waals surface area (Å²) < 4.78 is 5.38. The van der Waals surface area contributed by atoms with E-state index in [4.69, 9.17) is 4.74 Å². The van der Waals surface area contributed by atoms with Crippen molar-refractivity contribution in [3.8, 4) is 5.75 Å². The smallest absolute Gasteiger partial charge is 0.253 e. The lowest BCUT2D eigenvalue weighted by atomic mass is 10.0. The van der Waals surface area contributed by atoms with Crippen molar-refractivity contribution in [2.45, 2.75) is 20.3 Å². The molecule has 0 unspecified atom stereocenters. The first-order valence-electron chi connectivity index (χ1n) is 9.43. The minimum absolute atomic E-state index is 0.0866. The fourth-order valence-electron chi connectivity index (χ4n) is 3.64. The Hall–Kier alpha value is -2.75. The highest BCUT2D eigenvalue weighted by Crippen LogP contribution is 2.25. The number of nitrogens with zero attached hydrogens (tertiary/aromatic N) is 2. The molecule has 1 saturated heterocycles. The zero-order valence-electron chi connectivity index (χ0n) is 16.5. The summed E-state index contributed by atoms with van der Waals surface area (Å²) >= 11 is 0. The van der Waals surface area contributed by atoms with Gasteiger partial charge in [0.05, 0.1) is 7.11 Å². The third-order valence-electron chi connectivity index (χ3n) is 5.38. The van der Waals surface area contributed by atoms with E-state index < -0.39 is 0 Å². The number of benzene rings is 2. The van der Waals surface area contributed by atoms with Gasteiger partial charge in [-0.2, -0.15) is 0 Å². The molecule has 142 valence electrons. The van der Waals surface area contributed by atoms with Gasteiger partial charge in [-0.05, 0) is 61.2 Å². The van der Waals surface area contributed by atoms with Crippen molar-refractivity contribution in [3.05, 3.63) is 71.3 Å². The van der Waals surface area contributed by atoms with Crippen molar-refractivity contribution in [2.24, 2.45) is 0 Å². The fraction of sp³-hybridized carbons (Fsp3) is 0.348. The molecule has 0 saturated carbocycles. The van der Waals surface area contributed by atoms with Crippen molar-refractivity contribution in [2.75, 3.05) is 38.2 Å². The van der Waals surface area contributed by atoms with Crippen LogP contribution in [0.3, 0.4) is 0 Å². The Bertz CT molecular complexity index is 836. The van der Waals surface area contributed by atoms with Gasteiger partial charge in [-0.25, -0.2) is 0 Å². The topological polar surface area (TPSA) is 32.8 Å². The number of rotatable bonds is 5. The molecule has 0 N–H and O–H groups in total. The number of carbonyl (C=O) groups excluding carboxylic acids is 1. The maximum atomic E-state index is 13.0. The Labute approximate surface area is 162 Å². The van der Waals surface area contributed by atoms with Crippen molar-refractivity contribution in [1.29, 1.82) is 0 Å². The number of carbonyl (C=O) groups is 1. The summed E-state index contributed by atoms with van der Waals surface area (Å²) in [4.78, 5) is 17.3. The van der Waals surface area contributed by atoms with E-state index in [9.17, 15) is 4.79 Å². The summed E-state index contributed by atoms with van der Waals surface area (Å²) in [7, 11) is 1.65. The average molecular weight is 364 g/mol. The van der Waals surface area contributed by atoms with Gasteiger partial charge in [-0.3, -0.25) is 4.79 Å². The number of hydrogen-bond acceptors (Lipinski definition) is 3. The molecule has 0 aromatic heterocycles. The molecular formula is C23H28N2O2. The van der Waals surface area contributed by atoms with Crippen LogP contribution in [0.4, 0.5) is 5.69 Å². The zero-order chi connectivity index (χ0) is 19.4. The summed E-state index contributed by atoms with van der Waals surface area (Å²) in [5, 5.41) is 0. The SMILES string of the molecule is C=CCc1cc(C(=O)N2CCN(c3cccc(C)c3C)CC2)ccc1OC. The van der Waals surface area contributed by atoms with Gasteiger partial charge in [0.25, 0.3) is 5.91 Å². The monoisotopic (exact) mass is 364 g/mol. The molecule has 4 nitrogen and oxygen atoms in total. The Morgan fingerprint density at radius 2 is 1.89 bits per heavy atom. The third kappa shape index (κ3) is 4.00. The van der Waals surface area contributed by atoms with E-state index in [0.29, 0.717) is 12.0 Å². The molecule has 0 spiro atoms. The minimum Gasteiger partial charge on any atom is -0.496 e. The average Bonchev–Trinajstić information content (AvgIpc) is 2.70. The predicted molar refractivity (Wildman–Crippen MR) is 111 cm³/mol. The minimum atomic E-state index is 0.0866. The Morgan fingerprint density at radius 3 is 2.56 bits per heavy atom. The van der Waals surface area contributed by atoms with Gasteiger partial charge < -0.3 is 14.5 Å². The van der Waals surface area contributed by atoms with E-state index in [1.54, 1.807) is 7.11 Å². The van der Waals surface area contributed by atoms with Crippen LogP contribution in [0.2, 0.25) is 0 Å². The maximum Gasteiger partial charge on any atom is 0.253 e. The molecule has 0 aliphatic carbocycles. The summed E-state index contributed by atoms with van der Waals surface area (Å²) in [6.45, 7) is 11.3. The highest BCUT2D eigenvalue weighted by Gasteiger charge is 2.23. The summed E-state index contributed by atoms with van der Waals surface area (Å²) in [5.41, 5.74) is 5.61. The standard InChI is InChI=1S/C23H28N2O2/c1-5-7-19-16-20(10-11-22(19)27-4)23(26)25-14-12-24(13-15-25)21-9-6-8-17(2)18(21)3/h5-6,8-11,16H,1,7,12-15H2,2-4H3. The van der Waals surface area contributed by atoms with Crippen LogP contribution < -0.4 is 9.64 Å². The molecule has 27 heavy (non-hydrogen) atoms. The number of hydrogen-bond donors (Lipinski definition) is 0. The van der Waals surface area contributed by atoms with Crippen LogP contribution in [0.25, 0.3) is 0 Å². The predicted octanol–water partition coefficient (Wildman–Crippen LogP) is 4.00. The van der Waals surface area contributed by atoms with Gasteiger partial charge in [0.1, 0.15) is 5.75 Å². The number of allylic oxidation sites excluding steroid dienone is 1. The van der Waals surface area contributed by atoms with Crippen LogP contribution in [-0.2, 0) is 6.42 Å². The molecule has 1 aliphatic heterocycles. The number of piperazine rings is 1. The molecular weight excluding hydrogens is 336 g/mol. The summed E-state index contributed by atoms with van der Waals surface area (Å²) in [6.07, 6.45) is 2.51. The largest absolute Gasteiger partial charge is 0.496 e. The number of methoxy groups -OCH3 is 1. The van der Waals surface area contributed by atoms with Crippen LogP contribution in [-0.4, -0.2) is 44.1 Å². The van der Waals surface area contributed by atoms with Crippen LogP contribution in [0, 0.1) is 13.8 Å². The Morgan fingerprint density at radius 1 is 1.15 bits per heavy atom. The molecule has 4 heteroatoms. The molecule has 0 bridgehead atoms. The van der Waals surface area contributed by atoms with Crippen LogP contribution in [0.5, 0.6) is 5.75 Å². The van der Waals surface area contributed by atoms with Crippen LogP contribution in [0.15, 0.2) is 49.1 Å². The van der Waals surface area contributed by atoms with Crippen molar-refractivity contribution < 1.29 is 9.53 Å². The second kappa shape index (κ2) is 8.30. The van der Waals surface area contributed by atoms with E-state index in [0.717, 1.165) is 37.5 Å². The Kier molecular flexibility index (Phi) is 5.84. The normalized spacial score (nSPS) is 14.2. The molecule has 1 heterocycles. The number of amides is 1. The first kappa shape index (κ1) is 19.0. The van der Waals surface area contributed by atoms with Gasteiger partial charge in [0.2, 0.25) is 0 Å². The molecule has 0 atom stereocenters. The Balaban J connectivity index is 1.71. The first-order valence-corrected chi connectivity index (χ1v) is 9.43. The lowest BCUT2D eigenvalue weighted by molar-refractivity contribution is 0.0746. The second-order valence-corrected chi connectivity index (χ2v) is 7.02. The zero-order valence-corrected chi connectivity index (χ0v) is 16.5. The highest BCUT2D eigenvalue weighted by atomic mass is 16.5. The van der Waals surface area contributed by atoms with Gasteiger partial charge in [-0.1, -0.05) is 18.2 Å². The maximum absolute atomic E-state index is 13.0. The van der Waals surface area contributed by atoms with Crippen molar-refractivity contribution in [1.82, 2.24) is 4.90 Å². The van der Waals surface area contributed by atoms with Crippen molar-refractivity contribution >= 4 is 11.6 Å². The van der Waals surface area contributed by atoms with Gasteiger partial charge >= 0.3 is 0 Å². The third-order valence-corrected chi connectivity index (χ3v) is 5.38. The number of anilines is 1. The quantitative estimate of drug-likeness (QED) is 0.752. The number of aryl methyl sites for hydroxylation is 1. The highest BCUT2D eigenvalue weighted by molar-refractivity contribution is 5.94. The second-order valence-electron chi connectivity index (χ2n) is 7.02. The molecule has 0 radical (unpaired) electrons. The lowest BCUT2D eigenvalue weighted by Gasteiger charge is -2.37. The van der Waals surface area contributed by atoms with E-state index in [1.807, 2.05) is 29.2 Å². The lowest BCUT2D eigenvalue weighted by Crippen LogP contribution is -2.49. The van der Waals surface area contributed by atoms with Crippen LogP contribution in [0.1, 0.15) is 27.0 Å². The van der Waals surface area contributed by atoms with Crippen molar-refractivity contribution in [3.63, 3.8) is 0 Å². The molecule has 1 amide bonds. The molecule has 1 fully saturated rings. The first-order chi connectivity index (χ1) is 13.0. The van der Waals surface area contributed by atoms with Gasteiger partial charge in [0, 0.05) is 37.4 Å². The summed E-state index contributed by atoms with van der Waals surface area (Å²) in [6, 6.07) is 12.1. The van der Waals surface area contributed by atoms with Gasteiger partial charge in [-0.15, -0.1) is 6.58 Å². The summed E-state index contributed by atoms with van der Waals surface area (Å²) in [5.74, 6) is 0.884. The van der Waals surface area contributed by atoms with E-state index in [2.05, 4.69) is 43.5 Å². The van der Waals surface area contributed by atoms with E-state index >= 15 is 0 Å². The molecule has 2 aromatic rings. The van der Waals surface area contributed by atoms with Gasteiger partial charge in [0.15, 0.2) is 0 Å². The van der Waals surface area contributed by atoms with E-state index in [-0.39, 0.29) is 5.91 Å². The molecule has 3 rings (SSSR count). The van der Waals surface area contributed by atoms with E-state index in [1.165, 1.54) is 16.8 Å².